The zero-order chi connectivity index (χ0) is 24.4. The van der Waals surface area contributed by atoms with E-state index in [1.54, 1.807) is 30.0 Å². The first-order valence-corrected chi connectivity index (χ1v) is 12.2. The normalized spacial score (nSPS) is 21.8. The third-order valence-electron chi connectivity index (χ3n) is 5.87. The van der Waals surface area contributed by atoms with Crippen LogP contribution >= 0.6 is 11.6 Å². The smallest absolute Gasteiger partial charge is 0.391 e. The first-order valence-electron chi connectivity index (χ1n) is 10.3. The Hall–Kier alpha value is -2.30. The largest absolute Gasteiger partial charge is 0.417 e. The van der Waals surface area contributed by atoms with Crippen LogP contribution in [0, 0.1) is 5.92 Å². The monoisotopic (exact) mass is 504 g/mol. The van der Waals surface area contributed by atoms with E-state index in [-0.39, 0.29) is 25.3 Å². The van der Waals surface area contributed by atoms with Gasteiger partial charge in [-0.2, -0.15) is 13.2 Å². The van der Waals surface area contributed by atoms with Crippen LogP contribution in [0.3, 0.4) is 0 Å². The van der Waals surface area contributed by atoms with Crippen molar-refractivity contribution in [2.45, 2.75) is 48.9 Å². The van der Waals surface area contributed by atoms with Crippen LogP contribution in [-0.2, 0) is 21.0 Å². The van der Waals surface area contributed by atoms with Crippen LogP contribution < -0.4 is 9.62 Å². The number of rotatable bonds is 5. The average molecular weight is 505 g/mol. The van der Waals surface area contributed by atoms with Gasteiger partial charge in [0.1, 0.15) is 0 Å². The summed E-state index contributed by atoms with van der Waals surface area (Å²) < 4.78 is 66.7. The van der Waals surface area contributed by atoms with Crippen molar-refractivity contribution in [2.75, 3.05) is 11.9 Å². The zero-order valence-electron chi connectivity index (χ0n) is 17.7. The summed E-state index contributed by atoms with van der Waals surface area (Å²) in [7, 11) is -2.94. The Bertz CT molecular complexity index is 1110. The Balaban J connectivity index is 1.73. The van der Waals surface area contributed by atoms with Gasteiger partial charge in [0, 0.05) is 23.7 Å². The summed E-state index contributed by atoms with van der Waals surface area (Å²) in [6, 6.07) is 10.4. The number of carbonyl (C=O) groups is 1. The predicted molar refractivity (Wildman–Crippen MR) is 118 cm³/mol. The molecule has 2 N–H and O–H groups in total. The lowest BCUT2D eigenvalue weighted by Crippen LogP contribution is -2.40. The third kappa shape index (κ3) is 5.99. The molecule has 3 atom stereocenters. The first-order chi connectivity index (χ1) is 15.4. The lowest BCUT2D eigenvalue weighted by Gasteiger charge is -2.32. The second kappa shape index (κ2) is 9.90. The van der Waals surface area contributed by atoms with Gasteiger partial charge in [-0.15, -0.1) is 0 Å². The summed E-state index contributed by atoms with van der Waals surface area (Å²) in [5, 5.41) is 11.2. The van der Waals surface area contributed by atoms with Crippen LogP contribution in [0.1, 0.15) is 31.2 Å². The van der Waals surface area contributed by atoms with Crippen LogP contribution in [0.5, 0.6) is 0 Å². The molecule has 1 aliphatic carbocycles. The van der Waals surface area contributed by atoms with Crippen LogP contribution in [0.25, 0.3) is 0 Å². The standard InChI is InChI=1S/C22H24ClF3N2O4S/c1-28(16-6-4-5-15(23)13-16)18-11-9-14(10-12-19(18)29)21(30)27-33(31,32)20-8-3-2-7-17(20)22(24,25)26/h2-8,13-14,18-19,29H,9-12H2,1H3,(H,27,30)/t14-,18+,19+/m1/s1. The number of benzene rings is 2. The fourth-order valence-corrected chi connectivity index (χ4v) is 5.54. The van der Waals surface area contributed by atoms with Crippen LogP contribution in [0.2, 0.25) is 5.02 Å². The van der Waals surface area contributed by atoms with Gasteiger partial charge in [-0.25, -0.2) is 13.1 Å². The second-order valence-corrected chi connectivity index (χ2v) is 10.1. The van der Waals surface area contributed by atoms with E-state index in [4.69, 9.17) is 11.6 Å². The molecule has 3 rings (SSSR count). The molecule has 0 heterocycles. The molecule has 0 unspecified atom stereocenters. The third-order valence-corrected chi connectivity index (χ3v) is 7.51. The van der Waals surface area contributed by atoms with Crippen molar-refractivity contribution in [1.82, 2.24) is 4.72 Å². The SMILES string of the molecule is CN(c1cccc(Cl)c1)[C@H]1CC[C@@H](C(=O)NS(=O)(=O)c2ccccc2C(F)(F)F)CC[C@@H]1O. The molecule has 1 aliphatic rings. The van der Waals surface area contributed by atoms with E-state index in [1.165, 1.54) is 0 Å². The summed E-state index contributed by atoms with van der Waals surface area (Å²) in [6.07, 6.45) is -4.61. The molecule has 0 aliphatic heterocycles. The number of anilines is 1. The molecule has 0 spiro atoms. The Morgan fingerprint density at radius 2 is 1.76 bits per heavy atom. The number of aliphatic hydroxyl groups is 1. The van der Waals surface area contributed by atoms with Gasteiger partial charge in [0.2, 0.25) is 5.91 Å². The Labute approximate surface area is 195 Å². The van der Waals surface area contributed by atoms with E-state index in [1.807, 2.05) is 11.0 Å². The molecule has 2 aromatic rings. The summed E-state index contributed by atoms with van der Waals surface area (Å²) in [6.45, 7) is 0. The van der Waals surface area contributed by atoms with Crippen molar-refractivity contribution in [3.63, 3.8) is 0 Å². The first kappa shape index (κ1) is 25.3. The number of nitrogens with one attached hydrogen (secondary N) is 1. The van der Waals surface area contributed by atoms with Crippen molar-refractivity contribution >= 4 is 33.2 Å². The van der Waals surface area contributed by atoms with Gasteiger partial charge in [0.15, 0.2) is 0 Å². The second-order valence-electron chi connectivity index (χ2n) is 8.04. The van der Waals surface area contributed by atoms with Crippen molar-refractivity contribution in [2.24, 2.45) is 5.92 Å². The fraction of sp³-hybridized carbons (Fsp3) is 0.409. The molecule has 1 saturated carbocycles. The molecule has 180 valence electrons. The minimum atomic E-state index is -4.89. The van der Waals surface area contributed by atoms with Gasteiger partial charge < -0.3 is 10.0 Å². The molecule has 0 aromatic heterocycles. The number of alkyl halides is 3. The van der Waals surface area contributed by atoms with E-state index < -0.39 is 44.6 Å². The number of halogens is 4. The number of carbonyl (C=O) groups excluding carboxylic acids is 1. The van der Waals surface area contributed by atoms with Gasteiger partial charge in [0.25, 0.3) is 10.0 Å². The molecule has 6 nitrogen and oxygen atoms in total. The quantitative estimate of drug-likeness (QED) is 0.595. The lowest BCUT2D eigenvalue weighted by molar-refractivity contribution is -0.140. The topological polar surface area (TPSA) is 86.7 Å². The van der Waals surface area contributed by atoms with Crippen molar-refractivity contribution in [1.29, 1.82) is 0 Å². The lowest BCUT2D eigenvalue weighted by atomic mass is 9.99. The molecular weight excluding hydrogens is 481 g/mol. The average Bonchev–Trinajstić information content (AvgIpc) is 2.94. The van der Waals surface area contributed by atoms with Crippen molar-refractivity contribution in [3.05, 3.63) is 59.1 Å². The number of nitrogens with zero attached hydrogens (tertiary/aromatic N) is 1. The van der Waals surface area contributed by atoms with E-state index in [0.29, 0.717) is 17.5 Å². The highest BCUT2D eigenvalue weighted by molar-refractivity contribution is 7.90. The molecule has 1 fully saturated rings. The molecular formula is C22H24ClF3N2O4S. The summed E-state index contributed by atoms with van der Waals surface area (Å²) in [4.78, 5) is 13.6. The van der Waals surface area contributed by atoms with Gasteiger partial charge in [-0.3, -0.25) is 4.79 Å². The maximum atomic E-state index is 13.2. The minimum absolute atomic E-state index is 0.198. The van der Waals surface area contributed by atoms with Gasteiger partial charge in [-0.05, 0) is 56.0 Å². The molecule has 2 aromatic carbocycles. The van der Waals surface area contributed by atoms with Gasteiger partial charge in [0.05, 0.1) is 22.6 Å². The highest BCUT2D eigenvalue weighted by Gasteiger charge is 2.38. The number of likely N-dealkylation sites (N-methyl/N-ethyl adjacent to an activating group) is 1. The summed E-state index contributed by atoms with van der Waals surface area (Å²) in [5.74, 6) is -1.66. The van der Waals surface area contributed by atoms with E-state index >= 15 is 0 Å². The minimum Gasteiger partial charge on any atom is -0.391 e. The van der Waals surface area contributed by atoms with E-state index in [9.17, 15) is 31.5 Å². The maximum absolute atomic E-state index is 13.2. The van der Waals surface area contributed by atoms with Crippen LogP contribution in [0.4, 0.5) is 18.9 Å². The summed E-state index contributed by atoms with van der Waals surface area (Å²) >= 11 is 6.04. The summed E-state index contributed by atoms with van der Waals surface area (Å²) in [5.41, 5.74) is -0.564. The Morgan fingerprint density at radius 3 is 2.42 bits per heavy atom. The number of hydrogen-bond donors (Lipinski definition) is 2. The molecule has 0 radical (unpaired) electrons. The van der Waals surface area contributed by atoms with Gasteiger partial charge >= 0.3 is 6.18 Å². The van der Waals surface area contributed by atoms with Crippen molar-refractivity contribution < 1.29 is 31.5 Å². The maximum Gasteiger partial charge on any atom is 0.417 e. The van der Waals surface area contributed by atoms with Crippen LogP contribution in [0.15, 0.2) is 53.4 Å². The number of hydrogen-bond acceptors (Lipinski definition) is 5. The number of aliphatic hydroxyl groups excluding tert-OH is 1. The zero-order valence-corrected chi connectivity index (χ0v) is 19.3. The van der Waals surface area contributed by atoms with Crippen molar-refractivity contribution in [3.8, 4) is 0 Å². The number of amides is 1. The predicted octanol–water partition coefficient (Wildman–Crippen LogP) is 4.22. The fourth-order valence-electron chi connectivity index (χ4n) is 4.08. The molecule has 0 bridgehead atoms. The molecule has 33 heavy (non-hydrogen) atoms. The van der Waals surface area contributed by atoms with Gasteiger partial charge in [-0.1, -0.05) is 29.8 Å². The molecule has 0 saturated heterocycles. The van der Waals surface area contributed by atoms with E-state index in [0.717, 1.165) is 23.9 Å². The molecule has 11 heteroatoms. The Kier molecular flexibility index (Phi) is 7.60. The van der Waals surface area contributed by atoms with Crippen LogP contribution in [-0.4, -0.2) is 38.6 Å². The Morgan fingerprint density at radius 1 is 1.09 bits per heavy atom. The molecule has 1 amide bonds. The number of sulfonamides is 1. The van der Waals surface area contributed by atoms with E-state index in [2.05, 4.69) is 0 Å². The highest BCUT2D eigenvalue weighted by atomic mass is 35.5. The highest BCUT2D eigenvalue weighted by Crippen LogP contribution is 2.34.